The third-order valence-electron chi connectivity index (χ3n) is 6.64. The van der Waals surface area contributed by atoms with Crippen molar-refractivity contribution in [1.29, 1.82) is 0 Å². The Kier molecular flexibility index (Phi) is 8.75. The highest BCUT2D eigenvalue weighted by atomic mass is 19.4. The second kappa shape index (κ2) is 12.5. The molecule has 0 radical (unpaired) electrons. The lowest BCUT2D eigenvalue weighted by Crippen LogP contribution is -2.42. The molecular weight excluding hydrogens is 586 g/mol. The minimum atomic E-state index is -5.20. The molecule has 1 aromatic heterocycles. The summed E-state index contributed by atoms with van der Waals surface area (Å²) in [6, 6.07) is 12.4. The molecule has 2 aliphatic heterocycles. The standard InChI is InChI=1S/C27H26F6N6O4/c28-26(29,30)22(40)39(18-4-2-1-3-5-18)25-35-23(34-24(36-25)38-14-16-41-17-15-38)37-12-10-20(11-13-37)42-19-6-8-21(9-7-19)43-27(31,32)33/h1-9,20H,10-17H2. The number of hydrogen-bond donors (Lipinski definition) is 0. The van der Waals surface area contributed by atoms with Gasteiger partial charge in [-0.25, -0.2) is 4.90 Å². The van der Waals surface area contributed by atoms with Gasteiger partial charge in [-0.05, 0) is 36.4 Å². The van der Waals surface area contributed by atoms with Crippen molar-refractivity contribution < 1.29 is 45.3 Å². The maximum absolute atomic E-state index is 13.7. The smallest absolute Gasteiger partial charge is 0.490 e. The van der Waals surface area contributed by atoms with Crippen LogP contribution in [0.25, 0.3) is 0 Å². The van der Waals surface area contributed by atoms with Gasteiger partial charge in [-0.1, -0.05) is 18.2 Å². The lowest BCUT2D eigenvalue weighted by atomic mass is 10.1. The number of morpholine rings is 1. The van der Waals surface area contributed by atoms with Crippen LogP contribution in [0.2, 0.25) is 0 Å². The Balaban J connectivity index is 1.37. The third-order valence-corrected chi connectivity index (χ3v) is 6.64. The highest BCUT2D eigenvalue weighted by Crippen LogP contribution is 2.32. The fourth-order valence-electron chi connectivity index (χ4n) is 4.60. The number of alkyl halides is 6. The number of benzene rings is 2. The third kappa shape index (κ3) is 7.74. The van der Waals surface area contributed by atoms with E-state index in [4.69, 9.17) is 9.47 Å². The molecule has 1 amide bonds. The number of piperidine rings is 1. The zero-order chi connectivity index (χ0) is 30.6. The van der Waals surface area contributed by atoms with Gasteiger partial charge in [0, 0.05) is 39.0 Å². The van der Waals surface area contributed by atoms with Crippen molar-refractivity contribution in [1.82, 2.24) is 15.0 Å². The highest BCUT2D eigenvalue weighted by molar-refractivity contribution is 6.02. The van der Waals surface area contributed by atoms with E-state index in [1.54, 1.807) is 15.9 Å². The number of rotatable bonds is 7. The fourth-order valence-corrected chi connectivity index (χ4v) is 4.60. The largest absolute Gasteiger partial charge is 0.573 e. The van der Waals surface area contributed by atoms with Gasteiger partial charge in [0.15, 0.2) is 0 Å². The molecule has 3 heterocycles. The second-order valence-electron chi connectivity index (χ2n) is 9.63. The summed E-state index contributed by atoms with van der Waals surface area (Å²) in [5.74, 6) is -2.44. The number of carbonyl (C=O) groups excluding carboxylic acids is 1. The quantitative estimate of drug-likeness (QED) is 0.346. The van der Waals surface area contributed by atoms with E-state index < -0.39 is 24.4 Å². The number of aromatic nitrogens is 3. The number of para-hydroxylation sites is 1. The lowest BCUT2D eigenvalue weighted by molar-refractivity contribution is -0.274. The van der Waals surface area contributed by atoms with E-state index >= 15 is 0 Å². The minimum absolute atomic E-state index is 0.0614. The predicted molar refractivity (Wildman–Crippen MR) is 141 cm³/mol. The van der Waals surface area contributed by atoms with E-state index in [9.17, 15) is 31.1 Å². The number of anilines is 4. The molecule has 5 rings (SSSR count). The summed E-state index contributed by atoms with van der Waals surface area (Å²) in [6.07, 6.45) is -9.38. The zero-order valence-corrected chi connectivity index (χ0v) is 22.5. The van der Waals surface area contributed by atoms with Gasteiger partial charge < -0.3 is 24.0 Å². The van der Waals surface area contributed by atoms with Crippen molar-refractivity contribution in [3.8, 4) is 11.5 Å². The molecule has 0 N–H and O–H groups in total. The van der Waals surface area contributed by atoms with Crippen molar-refractivity contribution in [2.24, 2.45) is 0 Å². The molecule has 43 heavy (non-hydrogen) atoms. The Labute approximate surface area is 241 Å². The number of ether oxygens (including phenoxy) is 3. The first-order valence-corrected chi connectivity index (χ1v) is 13.3. The second-order valence-corrected chi connectivity index (χ2v) is 9.63. The number of amides is 1. The first-order valence-electron chi connectivity index (χ1n) is 13.3. The molecule has 0 spiro atoms. The molecular formula is C27H26F6N6O4. The Morgan fingerprint density at radius 3 is 1.91 bits per heavy atom. The van der Waals surface area contributed by atoms with Gasteiger partial charge in [0.05, 0.1) is 18.9 Å². The van der Waals surface area contributed by atoms with Gasteiger partial charge in [-0.3, -0.25) is 4.79 Å². The summed E-state index contributed by atoms with van der Waals surface area (Å²) in [6.45, 7) is 2.22. The minimum Gasteiger partial charge on any atom is -0.490 e. The monoisotopic (exact) mass is 612 g/mol. The molecule has 2 aliphatic rings. The van der Waals surface area contributed by atoms with Gasteiger partial charge >= 0.3 is 18.4 Å². The lowest BCUT2D eigenvalue weighted by Gasteiger charge is -2.34. The van der Waals surface area contributed by atoms with E-state index in [-0.39, 0.29) is 29.4 Å². The van der Waals surface area contributed by atoms with Crippen molar-refractivity contribution in [3.63, 3.8) is 0 Å². The molecule has 0 bridgehead atoms. The van der Waals surface area contributed by atoms with E-state index in [1.807, 2.05) is 0 Å². The van der Waals surface area contributed by atoms with Crippen LogP contribution in [0.3, 0.4) is 0 Å². The summed E-state index contributed by atoms with van der Waals surface area (Å²) in [5, 5.41) is 0. The van der Waals surface area contributed by atoms with Crippen molar-refractivity contribution in [2.75, 3.05) is 54.1 Å². The van der Waals surface area contributed by atoms with Crippen LogP contribution in [0, 0.1) is 0 Å². The average Bonchev–Trinajstić information content (AvgIpc) is 2.98. The Morgan fingerprint density at radius 1 is 0.791 bits per heavy atom. The van der Waals surface area contributed by atoms with Gasteiger partial charge in [0.25, 0.3) is 0 Å². The summed E-state index contributed by atoms with van der Waals surface area (Å²) >= 11 is 0. The number of nitrogens with zero attached hydrogens (tertiary/aromatic N) is 6. The SMILES string of the molecule is O=C(N(c1ccccc1)c1nc(N2CCOCC2)nc(N2CCC(Oc3ccc(OC(F)(F)F)cc3)CC2)n1)C(F)(F)F. The molecule has 2 aromatic carbocycles. The molecule has 0 aliphatic carbocycles. The molecule has 0 atom stereocenters. The number of halogens is 6. The van der Waals surface area contributed by atoms with Gasteiger partial charge in [0.1, 0.15) is 17.6 Å². The van der Waals surface area contributed by atoms with Crippen LogP contribution in [0.15, 0.2) is 54.6 Å². The Bertz CT molecular complexity index is 1380. The summed E-state index contributed by atoms with van der Waals surface area (Å²) in [4.78, 5) is 29.7. The molecule has 0 saturated carbocycles. The van der Waals surface area contributed by atoms with Crippen LogP contribution in [0.5, 0.6) is 11.5 Å². The molecule has 10 nitrogen and oxygen atoms in total. The summed E-state index contributed by atoms with van der Waals surface area (Å²) in [7, 11) is 0. The fraction of sp³-hybridized carbons (Fsp3) is 0.407. The highest BCUT2D eigenvalue weighted by Gasteiger charge is 2.45. The Hall–Kier alpha value is -4.34. The molecule has 0 unspecified atom stereocenters. The van der Waals surface area contributed by atoms with E-state index in [0.717, 1.165) is 12.1 Å². The predicted octanol–water partition coefficient (Wildman–Crippen LogP) is 4.88. The maximum atomic E-state index is 13.7. The normalized spacial score (nSPS) is 16.6. The summed E-state index contributed by atoms with van der Waals surface area (Å²) < 4.78 is 93.6. The van der Waals surface area contributed by atoms with Crippen LogP contribution in [-0.4, -0.2) is 78.9 Å². The van der Waals surface area contributed by atoms with Gasteiger partial charge in [0.2, 0.25) is 17.8 Å². The van der Waals surface area contributed by atoms with Gasteiger partial charge in [-0.2, -0.15) is 28.1 Å². The van der Waals surface area contributed by atoms with E-state index in [1.165, 1.54) is 36.4 Å². The van der Waals surface area contributed by atoms with Crippen LogP contribution in [0.4, 0.5) is 49.9 Å². The molecule has 3 aromatic rings. The van der Waals surface area contributed by atoms with Crippen molar-refractivity contribution >= 4 is 29.4 Å². The molecule has 2 fully saturated rings. The first kappa shape index (κ1) is 30.1. The number of carbonyl (C=O) groups is 1. The molecule has 16 heteroatoms. The zero-order valence-electron chi connectivity index (χ0n) is 22.5. The van der Waals surface area contributed by atoms with Crippen LogP contribution in [0.1, 0.15) is 12.8 Å². The molecule has 230 valence electrons. The van der Waals surface area contributed by atoms with Crippen LogP contribution in [-0.2, 0) is 9.53 Å². The van der Waals surface area contributed by atoms with Crippen LogP contribution < -0.4 is 24.2 Å². The summed E-state index contributed by atoms with van der Waals surface area (Å²) in [5.41, 5.74) is -0.0614. The molecule has 2 saturated heterocycles. The average molecular weight is 613 g/mol. The van der Waals surface area contributed by atoms with Crippen molar-refractivity contribution in [2.45, 2.75) is 31.5 Å². The Morgan fingerprint density at radius 2 is 1.35 bits per heavy atom. The van der Waals surface area contributed by atoms with E-state index in [0.29, 0.717) is 62.9 Å². The van der Waals surface area contributed by atoms with Gasteiger partial charge in [-0.15, -0.1) is 13.2 Å². The maximum Gasteiger partial charge on any atom is 0.573 e. The first-order chi connectivity index (χ1) is 20.5. The van der Waals surface area contributed by atoms with Crippen molar-refractivity contribution in [3.05, 3.63) is 54.6 Å². The van der Waals surface area contributed by atoms with Crippen LogP contribution >= 0.6 is 0 Å². The topological polar surface area (TPSA) is 93.2 Å². The van der Waals surface area contributed by atoms with E-state index in [2.05, 4.69) is 19.7 Å². The number of hydrogen-bond acceptors (Lipinski definition) is 9.